The Morgan fingerprint density at radius 3 is 2.36 bits per heavy atom. The molecule has 3 nitrogen and oxygen atoms in total. The van der Waals surface area contributed by atoms with Crippen molar-refractivity contribution in [2.45, 2.75) is 59.2 Å². The summed E-state index contributed by atoms with van der Waals surface area (Å²) >= 11 is 0. The molecule has 124 valence electrons. The van der Waals surface area contributed by atoms with Gasteiger partial charge in [-0.15, -0.1) is 0 Å². The molecule has 1 saturated heterocycles. The van der Waals surface area contributed by atoms with Crippen LogP contribution >= 0.6 is 0 Å². The second-order valence-electron chi connectivity index (χ2n) is 7.74. The molecular formula is C19H32NO2+. The van der Waals surface area contributed by atoms with Crippen LogP contribution in [0.2, 0.25) is 0 Å². The van der Waals surface area contributed by atoms with Crippen molar-refractivity contribution in [1.29, 1.82) is 0 Å². The van der Waals surface area contributed by atoms with Gasteiger partial charge in [-0.1, -0.05) is 32.9 Å². The van der Waals surface area contributed by atoms with E-state index in [4.69, 9.17) is 9.47 Å². The molecule has 22 heavy (non-hydrogen) atoms. The van der Waals surface area contributed by atoms with Crippen molar-refractivity contribution in [2.24, 2.45) is 0 Å². The van der Waals surface area contributed by atoms with Crippen molar-refractivity contribution in [3.63, 3.8) is 0 Å². The quantitative estimate of drug-likeness (QED) is 0.923. The molecule has 0 radical (unpaired) electrons. The minimum atomic E-state index is 0.188. The van der Waals surface area contributed by atoms with E-state index in [-0.39, 0.29) is 5.41 Å². The van der Waals surface area contributed by atoms with Crippen LogP contribution in [0.25, 0.3) is 0 Å². The highest BCUT2D eigenvalue weighted by Crippen LogP contribution is 2.27. The first-order valence-corrected chi connectivity index (χ1v) is 8.48. The molecule has 1 fully saturated rings. The molecular weight excluding hydrogens is 274 g/mol. The lowest BCUT2D eigenvalue weighted by Gasteiger charge is -2.32. The second kappa shape index (κ2) is 7.01. The summed E-state index contributed by atoms with van der Waals surface area (Å²) in [7, 11) is 0. The Hall–Kier alpha value is -1.06. The molecule has 2 atom stereocenters. The van der Waals surface area contributed by atoms with Crippen molar-refractivity contribution in [1.82, 2.24) is 0 Å². The molecule has 0 spiro atoms. The summed E-state index contributed by atoms with van der Waals surface area (Å²) in [5.41, 5.74) is 2.78. The number of aryl methyl sites for hydroxylation is 1. The highest BCUT2D eigenvalue weighted by molar-refractivity contribution is 5.38. The van der Waals surface area contributed by atoms with Crippen LogP contribution in [-0.2, 0) is 10.2 Å². The fraction of sp³-hybridized carbons (Fsp3) is 0.684. The van der Waals surface area contributed by atoms with E-state index in [0.717, 1.165) is 32.0 Å². The number of ether oxygens (including phenoxy) is 2. The van der Waals surface area contributed by atoms with Crippen molar-refractivity contribution >= 4 is 0 Å². The fourth-order valence-electron chi connectivity index (χ4n) is 3.18. The Morgan fingerprint density at radius 1 is 1.18 bits per heavy atom. The molecule has 0 unspecified atom stereocenters. The largest absolute Gasteiger partial charge is 0.487 e. The molecule has 2 rings (SSSR count). The number of nitrogens with one attached hydrogen (secondary N) is 1. The SMILES string of the molecule is Cc1cc(C(C)(C)C)ccc1OCC[NH+]1C[C@H](C)O[C@@H](C)C1. The summed E-state index contributed by atoms with van der Waals surface area (Å²) in [5.74, 6) is 1.02. The maximum Gasteiger partial charge on any atom is 0.137 e. The molecule has 3 heteroatoms. The lowest BCUT2D eigenvalue weighted by Crippen LogP contribution is -3.16. The highest BCUT2D eigenvalue weighted by atomic mass is 16.5. The first kappa shape index (κ1) is 17.3. The minimum absolute atomic E-state index is 0.188. The fourth-order valence-corrected chi connectivity index (χ4v) is 3.18. The zero-order chi connectivity index (χ0) is 16.3. The molecule has 0 aliphatic carbocycles. The topological polar surface area (TPSA) is 22.9 Å². The molecule has 1 aromatic carbocycles. The van der Waals surface area contributed by atoms with Gasteiger partial charge < -0.3 is 14.4 Å². The summed E-state index contributed by atoms with van der Waals surface area (Å²) in [6.07, 6.45) is 0.707. The summed E-state index contributed by atoms with van der Waals surface area (Å²) in [4.78, 5) is 1.58. The molecule has 0 amide bonds. The molecule has 0 aromatic heterocycles. The maximum absolute atomic E-state index is 6.02. The Kier molecular flexibility index (Phi) is 5.51. The van der Waals surface area contributed by atoms with Crippen LogP contribution in [0.15, 0.2) is 18.2 Å². The van der Waals surface area contributed by atoms with E-state index in [1.807, 2.05) is 0 Å². The van der Waals surface area contributed by atoms with Gasteiger partial charge in [0.1, 0.15) is 44.2 Å². The van der Waals surface area contributed by atoms with E-state index in [2.05, 4.69) is 59.7 Å². The van der Waals surface area contributed by atoms with Gasteiger partial charge in [-0.25, -0.2) is 0 Å². The first-order chi connectivity index (χ1) is 10.3. The molecule has 1 N–H and O–H groups in total. The van der Waals surface area contributed by atoms with Gasteiger partial charge in [-0.3, -0.25) is 0 Å². The standard InChI is InChI=1S/C19H31NO2/c1-14-11-17(19(4,5)6)7-8-18(14)21-10-9-20-12-15(2)22-16(3)13-20/h7-8,11,15-16H,9-10,12-13H2,1-6H3/p+1/t15-,16-/m0/s1. The molecule has 0 saturated carbocycles. The predicted molar refractivity (Wildman–Crippen MR) is 90.9 cm³/mol. The molecule has 0 bridgehead atoms. The van der Waals surface area contributed by atoms with Crippen LogP contribution in [0.1, 0.15) is 45.7 Å². The van der Waals surface area contributed by atoms with E-state index in [9.17, 15) is 0 Å². The lowest BCUT2D eigenvalue weighted by molar-refractivity contribution is -0.915. The summed E-state index contributed by atoms with van der Waals surface area (Å²) in [5, 5.41) is 0. The van der Waals surface area contributed by atoms with Crippen LogP contribution in [-0.4, -0.2) is 38.4 Å². The van der Waals surface area contributed by atoms with E-state index in [1.54, 1.807) is 4.90 Å². The van der Waals surface area contributed by atoms with Gasteiger partial charge in [-0.05, 0) is 43.4 Å². The first-order valence-electron chi connectivity index (χ1n) is 8.48. The van der Waals surface area contributed by atoms with Gasteiger partial charge in [-0.2, -0.15) is 0 Å². The van der Waals surface area contributed by atoms with Gasteiger partial charge in [0.15, 0.2) is 0 Å². The molecule has 1 heterocycles. The third-order valence-electron chi connectivity index (χ3n) is 4.37. The van der Waals surface area contributed by atoms with Crippen LogP contribution in [0.5, 0.6) is 5.75 Å². The van der Waals surface area contributed by atoms with Crippen molar-refractivity contribution in [3.8, 4) is 5.75 Å². The summed E-state index contributed by atoms with van der Waals surface area (Å²) in [6.45, 7) is 17.1. The molecule has 1 aliphatic rings. The zero-order valence-corrected chi connectivity index (χ0v) is 15.0. The van der Waals surface area contributed by atoms with E-state index in [1.165, 1.54) is 11.1 Å². The average molecular weight is 306 g/mol. The summed E-state index contributed by atoms with van der Waals surface area (Å²) in [6, 6.07) is 6.56. The summed E-state index contributed by atoms with van der Waals surface area (Å²) < 4.78 is 11.8. The van der Waals surface area contributed by atoms with E-state index < -0.39 is 0 Å². The van der Waals surface area contributed by atoms with Gasteiger partial charge in [0, 0.05) is 0 Å². The van der Waals surface area contributed by atoms with E-state index >= 15 is 0 Å². The number of quaternary nitrogens is 1. The number of hydrogen-bond donors (Lipinski definition) is 1. The van der Waals surface area contributed by atoms with Crippen LogP contribution in [0.3, 0.4) is 0 Å². The van der Waals surface area contributed by atoms with E-state index in [0.29, 0.717) is 12.2 Å². The van der Waals surface area contributed by atoms with Crippen LogP contribution in [0, 0.1) is 6.92 Å². The van der Waals surface area contributed by atoms with Crippen molar-refractivity contribution in [3.05, 3.63) is 29.3 Å². The zero-order valence-electron chi connectivity index (χ0n) is 15.0. The number of hydrogen-bond acceptors (Lipinski definition) is 2. The minimum Gasteiger partial charge on any atom is -0.487 e. The molecule has 1 aliphatic heterocycles. The lowest BCUT2D eigenvalue weighted by atomic mass is 9.86. The molecule has 1 aromatic rings. The smallest absolute Gasteiger partial charge is 0.137 e. The van der Waals surface area contributed by atoms with Gasteiger partial charge in [0.25, 0.3) is 0 Å². The highest BCUT2D eigenvalue weighted by Gasteiger charge is 2.25. The van der Waals surface area contributed by atoms with Gasteiger partial charge in [0.2, 0.25) is 0 Å². The van der Waals surface area contributed by atoms with Crippen LogP contribution < -0.4 is 9.64 Å². The Balaban J connectivity index is 1.87. The normalized spacial score (nSPS) is 26.0. The van der Waals surface area contributed by atoms with Crippen LogP contribution in [0.4, 0.5) is 0 Å². The van der Waals surface area contributed by atoms with Crippen molar-refractivity contribution < 1.29 is 14.4 Å². The number of morpholine rings is 1. The third-order valence-corrected chi connectivity index (χ3v) is 4.37. The Labute approximate surface area is 135 Å². The second-order valence-corrected chi connectivity index (χ2v) is 7.74. The average Bonchev–Trinajstić information content (AvgIpc) is 2.38. The van der Waals surface area contributed by atoms with Gasteiger partial charge in [0.05, 0.1) is 0 Å². The van der Waals surface area contributed by atoms with Crippen molar-refractivity contribution in [2.75, 3.05) is 26.2 Å². The Bertz CT molecular complexity index is 483. The maximum atomic E-state index is 6.02. The Morgan fingerprint density at radius 2 is 1.82 bits per heavy atom. The van der Waals surface area contributed by atoms with Gasteiger partial charge >= 0.3 is 0 Å². The number of rotatable bonds is 4. The predicted octanol–water partition coefficient (Wildman–Crippen LogP) is 2.36. The third kappa shape index (κ3) is 4.72. The monoisotopic (exact) mass is 306 g/mol. The number of benzene rings is 1.